The molecule has 2 heteroatoms. The number of hydrogen-bond donors (Lipinski definition) is 0. The lowest BCUT2D eigenvalue weighted by atomic mass is 9.77. The van der Waals surface area contributed by atoms with E-state index < -0.39 is 0 Å². The van der Waals surface area contributed by atoms with E-state index in [1.54, 1.807) is 0 Å². The second-order valence-corrected chi connectivity index (χ2v) is 6.10. The van der Waals surface area contributed by atoms with Gasteiger partial charge in [0, 0.05) is 5.41 Å². The standard InChI is InChI=1S/C20H26O2/c1-5-7-9-16(8-6-2)20(3,4)17-10-12-18(13-11-17)21-14-19-15-22-19/h5-6,8-13,19H,1,7,14-15H2,2-4H3/b8-6-,16-9+. The molecule has 1 heterocycles. The highest BCUT2D eigenvalue weighted by molar-refractivity contribution is 5.42. The minimum atomic E-state index is -0.0480. The second-order valence-electron chi connectivity index (χ2n) is 6.10. The molecule has 1 aromatic carbocycles. The predicted octanol–water partition coefficient (Wildman–Crippen LogP) is 4.82. The van der Waals surface area contributed by atoms with Crippen LogP contribution in [0.5, 0.6) is 5.75 Å². The normalized spacial score (nSPS) is 18.5. The van der Waals surface area contributed by atoms with Gasteiger partial charge < -0.3 is 9.47 Å². The van der Waals surface area contributed by atoms with E-state index in [2.05, 4.69) is 57.7 Å². The molecule has 0 N–H and O–H groups in total. The highest BCUT2D eigenvalue weighted by Crippen LogP contribution is 2.33. The summed E-state index contributed by atoms with van der Waals surface area (Å²) >= 11 is 0. The molecule has 1 aliphatic rings. The summed E-state index contributed by atoms with van der Waals surface area (Å²) in [5, 5.41) is 0. The van der Waals surface area contributed by atoms with Crippen LogP contribution in [-0.2, 0) is 10.2 Å². The van der Waals surface area contributed by atoms with Crippen molar-refractivity contribution in [2.45, 2.75) is 38.7 Å². The zero-order valence-corrected chi connectivity index (χ0v) is 13.8. The highest BCUT2D eigenvalue weighted by atomic mass is 16.6. The van der Waals surface area contributed by atoms with E-state index in [0.29, 0.717) is 12.7 Å². The van der Waals surface area contributed by atoms with Crippen molar-refractivity contribution in [1.82, 2.24) is 0 Å². The van der Waals surface area contributed by atoms with Gasteiger partial charge in [0.25, 0.3) is 0 Å². The van der Waals surface area contributed by atoms with Gasteiger partial charge >= 0.3 is 0 Å². The molecule has 1 aromatic rings. The van der Waals surface area contributed by atoms with E-state index in [9.17, 15) is 0 Å². The molecule has 1 unspecified atom stereocenters. The SMILES string of the molecule is C=CC/C=C(\C=C/C)C(C)(C)c1ccc(OCC2CO2)cc1. The Morgan fingerprint density at radius 1 is 1.36 bits per heavy atom. The van der Waals surface area contributed by atoms with Crippen LogP contribution in [0, 0.1) is 0 Å². The first-order valence-electron chi connectivity index (χ1n) is 7.87. The summed E-state index contributed by atoms with van der Waals surface area (Å²) < 4.78 is 10.9. The van der Waals surface area contributed by atoms with Crippen LogP contribution < -0.4 is 4.74 Å². The second kappa shape index (κ2) is 7.46. The van der Waals surface area contributed by atoms with Crippen LogP contribution in [0.15, 0.2) is 60.7 Å². The van der Waals surface area contributed by atoms with Crippen molar-refractivity contribution >= 4 is 0 Å². The maximum absolute atomic E-state index is 5.70. The van der Waals surface area contributed by atoms with E-state index in [0.717, 1.165) is 18.8 Å². The molecule has 1 aliphatic heterocycles. The molecule has 2 nitrogen and oxygen atoms in total. The Bertz CT molecular complexity index is 546. The van der Waals surface area contributed by atoms with Crippen LogP contribution in [0.25, 0.3) is 0 Å². The Kier molecular flexibility index (Phi) is 5.62. The molecule has 1 atom stereocenters. The Morgan fingerprint density at radius 2 is 2.05 bits per heavy atom. The van der Waals surface area contributed by atoms with E-state index in [4.69, 9.17) is 9.47 Å². The fourth-order valence-corrected chi connectivity index (χ4v) is 2.41. The van der Waals surface area contributed by atoms with Gasteiger partial charge in [-0.1, -0.05) is 50.3 Å². The predicted molar refractivity (Wildman–Crippen MR) is 92.4 cm³/mol. The largest absolute Gasteiger partial charge is 0.491 e. The van der Waals surface area contributed by atoms with Crippen molar-refractivity contribution in [1.29, 1.82) is 0 Å². The molecule has 0 aromatic heterocycles. The van der Waals surface area contributed by atoms with Gasteiger partial charge in [-0.25, -0.2) is 0 Å². The summed E-state index contributed by atoms with van der Waals surface area (Å²) in [5.41, 5.74) is 2.53. The van der Waals surface area contributed by atoms with Gasteiger partial charge in [0.05, 0.1) is 6.61 Å². The lowest BCUT2D eigenvalue weighted by Gasteiger charge is -2.27. The van der Waals surface area contributed by atoms with E-state index in [-0.39, 0.29) is 5.41 Å². The van der Waals surface area contributed by atoms with Crippen molar-refractivity contribution < 1.29 is 9.47 Å². The van der Waals surface area contributed by atoms with Crippen LogP contribution in [-0.4, -0.2) is 19.3 Å². The summed E-state index contributed by atoms with van der Waals surface area (Å²) in [6, 6.07) is 8.38. The maximum atomic E-state index is 5.70. The topological polar surface area (TPSA) is 21.8 Å². The summed E-state index contributed by atoms with van der Waals surface area (Å²) in [5.74, 6) is 0.901. The molecule has 0 amide bonds. The molecule has 1 saturated heterocycles. The van der Waals surface area contributed by atoms with Crippen LogP contribution >= 0.6 is 0 Å². The van der Waals surface area contributed by atoms with Gasteiger partial charge in [0.15, 0.2) is 0 Å². The Labute approximate surface area is 134 Å². The molecular weight excluding hydrogens is 272 g/mol. The number of allylic oxidation sites excluding steroid dienone is 5. The molecule has 0 radical (unpaired) electrons. The van der Waals surface area contributed by atoms with E-state index in [1.807, 2.05) is 18.2 Å². The summed E-state index contributed by atoms with van der Waals surface area (Å²) in [7, 11) is 0. The Balaban J connectivity index is 2.13. The number of hydrogen-bond acceptors (Lipinski definition) is 2. The number of benzene rings is 1. The summed E-state index contributed by atoms with van der Waals surface area (Å²) in [6.07, 6.45) is 9.60. The smallest absolute Gasteiger partial charge is 0.119 e. The first kappa shape index (κ1) is 16.6. The molecule has 1 fully saturated rings. The number of epoxide rings is 1. The molecule has 0 saturated carbocycles. The third kappa shape index (κ3) is 4.35. The zero-order chi connectivity index (χ0) is 16.0. The third-order valence-corrected chi connectivity index (χ3v) is 3.99. The van der Waals surface area contributed by atoms with Gasteiger partial charge in [-0.05, 0) is 36.6 Å². The van der Waals surface area contributed by atoms with E-state index >= 15 is 0 Å². The highest BCUT2D eigenvalue weighted by Gasteiger charge is 2.25. The van der Waals surface area contributed by atoms with Crippen molar-refractivity contribution in [3.63, 3.8) is 0 Å². The minimum absolute atomic E-state index is 0.0480. The molecule has 118 valence electrons. The van der Waals surface area contributed by atoms with Gasteiger partial charge in [-0.3, -0.25) is 0 Å². The lowest BCUT2D eigenvalue weighted by molar-refractivity contribution is 0.263. The first-order chi connectivity index (χ1) is 10.6. The zero-order valence-electron chi connectivity index (χ0n) is 13.8. The maximum Gasteiger partial charge on any atom is 0.119 e. The van der Waals surface area contributed by atoms with Crippen molar-refractivity contribution in [3.05, 3.63) is 66.3 Å². The molecule has 2 rings (SSSR count). The number of ether oxygens (including phenoxy) is 2. The lowest BCUT2D eigenvalue weighted by Crippen LogP contribution is -2.19. The fourth-order valence-electron chi connectivity index (χ4n) is 2.41. The van der Waals surface area contributed by atoms with E-state index in [1.165, 1.54) is 11.1 Å². The van der Waals surface area contributed by atoms with Gasteiger partial charge in [0.2, 0.25) is 0 Å². The monoisotopic (exact) mass is 298 g/mol. The van der Waals surface area contributed by atoms with Gasteiger partial charge in [0.1, 0.15) is 18.5 Å². The van der Waals surface area contributed by atoms with Crippen LogP contribution in [0.2, 0.25) is 0 Å². The molecule has 0 bridgehead atoms. The average molecular weight is 298 g/mol. The fraction of sp³-hybridized carbons (Fsp3) is 0.400. The quantitative estimate of drug-likeness (QED) is 0.390. The van der Waals surface area contributed by atoms with Crippen molar-refractivity contribution in [2.24, 2.45) is 0 Å². The van der Waals surface area contributed by atoms with Crippen LogP contribution in [0.1, 0.15) is 32.8 Å². The van der Waals surface area contributed by atoms with Gasteiger partial charge in [-0.15, -0.1) is 6.58 Å². The van der Waals surface area contributed by atoms with Crippen LogP contribution in [0.3, 0.4) is 0 Å². The van der Waals surface area contributed by atoms with Crippen molar-refractivity contribution in [2.75, 3.05) is 13.2 Å². The third-order valence-electron chi connectivity index (χ3n) is 3.99. The first-order valence-corrected chi connectivity index (χ1v) is 7.87. The molecule has 22 heavy (non-hydrogen) atoms. The van der Waals surface area contributed by atoms with Gasteiger partial charge in [-0.2, -0.15) is 0 Å². The Hall–Kier alpha value is -1.80. The molecule has 0 aliphatic carbocycles. The molecule has 0 spiro atoms. The van der Waals surface area contributed by atoms with Crippen molar-refractivity contribution in [3.8, 4) is 5.75 Å². The summed E-state index contributed by atoms with van der Waals surface area (Å²) in [6.45, 7) is 11.8. The minimum Gasteiger partial charge on any atom is -0.491 e. The molecular formula is C20H26O2. The van der Waals surface area contributed by atoms with Crippen LogP contribution in [0.4, 0.5) is 0 Å². The number of rotatable bonds is 8. The average Bonchev–Trinajstić information content (AvgIpc) is 3.34. The summed E-state index contributed by atoms with van der Waals surface area (Å²) in [4.78, 5) is 0. The Morgan fingerprint density at radius 3 is 2.59 bits per heavy atom.